The summed E-state index contributed by atoms with van der Waals surface area (Å²) in [5, 5.41) is 13.1. The minimum atomic E-state index is -1.12. The second kappa shape index (κ2) is 4.92. The number of hydrazone groups is 1. The highest BCUT2D eigenvalue weighted by molar-refractivity contribution is 6.34. The molecule has 1 aromatic rings. The smallest absolute Gasteiger partial charge is 0.329 e. The van der Waals surface area contributed by atoms with Crippen LogP contribution in [-0.2, 0) is 9.59 Å². The molecular formula is C10H11N3O3. The van der Waals surface area contributed by atoms with E-state index < -0.39 is 11.8 Å². The molecule has 0 aliphatic heterocycles. The third-order valence-corrected chi connectivity index (χ3v) is 1.84. The van der Waals surface area contributed by atoms with Crippen LogP contribution in [0.2, 0.25) is 0 Å². The molecule has 6 nitrogen and oxygen atoms in total. The van der Waals surface area contributed by atoms with Crippen LogP contribution in [0, 0.1) is 0 Å². The van der Waals surface area contributed by atoms with Crippen molar-refractivity contribution in [2.24, 2.45) is 10.8 Å². The lowest BCUT2D eigenvalue weighted by Gasteiger charge is -2.03. The van der Waals surface area contributed by atoms with Gasteiger partial charge in [-0.3, -0.25) is 9.59 Å². The van der Waals surface area contributed by atoms with Gasteiger partial charge >= 0.3 is 11.8 Å². The zero-order chi connectivity index (χ0) is 12.1. The van der Waals surface area contributed by atoms with E-state index in [1.54, 1.807) is 25.1 Å². The Hall–Kier alpha value is -2.37. The first-order chi connectivity index (χ1) is 7.52. The topological polar surface area (TPSA) is 105 Å². The Balaban J connectivity index is 2.83. The molecule has 0 spiro atoms. The normalized spacial score (nSPS) is 10.9. The molecule has 0 aliphatic carbocycles. The van der Waals surface area contributed by atoms with Crippen molar-refractivity contribution in [3.8, 4) is 5.75 Å². The van der Waals surface area contributed by atoms with E-state index in [-0.39, 0.29) is 5.75 Å². The quantitative estimate of drug-likeness (QED) is 0.363. The summed E-state index contributed by atoms with van der Waals surface area (Å²) in [6.45, 7) is 1.58. The summed E-state index contributed by atoms with van der Waals surface area (Å²) in [6, 6.07) is 6.49. The Labute approximate surface area is 91.8 Å². The van der Waals surface area contributed by atoms with E-state index in [1.165, 1.54) is 6.07 Å². The van der Waals surface area contributed by atoms with Gasteiger partial charge in [0.1, 0.15) is 5.75 Å². The van der Waals surface area contributed by atoms with Gasteiger partial charge in [0.2, 0.25) is 0 Å². The van der Waals surface area contributed by atoms with Crippen molar-refractivity contribution in [1.82, 2.24) is 5.43 Å². The highest BCUT2D eigenvalue weighted by Crippen LogP contribution is 2.15. The Kier molecular flexibility index (Phi) is 3.60. The van der Waals surface area contributed by atoms with Crippen LogP contribution < -0.4 is 11.2 Å². The largest absolute Gasteiger partial charge is 0.507 e. The number of para-hydroxylation sites is 1. The first-order valence-corrected chi connectivity index (χ1v) is 4.45. The second-order valence-electron chi connectivity index (χ2n) is 3.02. The van der Waals surface area contributed by atoms with Crippen molar-refractivity contribution in [2.45, 2.75) is 6.92 Å². The minimum absolute atomic E-state index is 0.0390. The van der Waals surface area contributed by atoms with Crippen LogP contribution in [0.3, 0.4) is 0 Å². The molecule has 0 heterocycles. The molecule has 0 aromatic heterocycles. The van der Waals surface area contributed by atoms with Crippen LogP contribution in [0.4, 0.5) is 0 Å². The lowest BCUT2D eigenvalue weighted by Crippen LogP contribution is -2.33. The lowest BCUT2D eigenvalue weighted by molar-refractivity contribution is -0.137. The van der Waals surface area contributed by atoms with E-state index in [1.807, 2.05) is 5.43 Å². The molecule has 0 fully saturated rings. The number of phenolic OH excluding ortho intramolecular Hbond substituents is 1. The fourth-order valence-corrected chi connectivity index (χ4v) is 1.03. The zero-order valence-corrected chi connectivity index (χ0v) is 8.60. The highest BCUT2D eigenvalue weighted by Gasteiger charge is 2.08. The highest BCUT2D eigenvalue weighted by atomic mass is 16.3. The third-order valence-electron chi connectivity index (χ3n) is 1.84. The monoisotopic (exact) mass is 221 g/mol. The molecule has 0 saturated carbocycles. The summed E-state index contributed by atoms with van der Waals surface area (Å²) in [7, 11) is 0. The van der Waals surface area contributed by atoms with E-state index in [0.29, 0.717) is 11.3 Å². The number of nitrogens with one attached hydrogen (secondary N) is 1. The van der Waals surface area contributed by atoms with E-state index in [2.05, 4.69) is 5.10 Å². The minimum Gasteiger partial charge on any atom is -0.507 e. The summed E-state index contributed by atoms with van der Waals surface area (Å²) >= 11 is 0. The van der Waals surface area contributed by atoms with Gasteiger partial charge in [-0.1, -0.05) is 12.1 Å². The average molecular weight is 221 g/mol. The maximum Gasteiger partial charge on any atom is 0.329 e. The van der Waals surface area contributed by atoms with Crippen molar-refractivity contribution in [3.63, 3.8) is 0 Å². The molecular weight excluding hydrogens is 210 g/mol. The molecule has 84 valence electrons. The zero-order valence-electron chi connectivity index (χ0n) is 8.60. The molecule has 0 unspecified atom stereocenters. The first kappa shape index (κ1) is 11.7. The number of nitrogens with two attached hydrogens (primary N) is 1. The number of carbonyl (C=O) groups excluding carboxylic acids is 2. The third kappa shape index (κ3) is 2.81. The Bertz CT molecular complexity index is 454. The van der Waals surface area contributed by atoms with Crippen LogP contribution in [0.1, 0.15) is 12.5 Å². The summed E-state index contributed by atoms with van der Waals surface area (Å²) < 4.78 is 0. The number of rotatable bonds is 2. The van der Waals surface area contributed by atoms with Crippen LogP contribution in [0.15, 0.2) is 29.4 Å². The molecule has 0 saturated heterocycles. The van der Waals surface area contributed by atoms with Gasteiger partial charge in [-0.15, -0.1) is 0 Å². The van der Waals surface area contributed by atoms with Crippen molar-refractivity contribution < 1.29 is 14.7 Å². The molecule has 6 heteroatoms. The number of nitrogens with zero attached hydrogens (tertiary/aromatic N) is 1. The van der Waals surface area contributed by atoms with Gasteiger partial charge < -0.3 is 10.8 Å². The number of primary amides is 1. The van der Waals surface area contributed by atoms with E-state index in [0.717, 1.165) is 0 Å². The number of hydrogen-bond donors (Lipinski definition) is 3. The van der Waals surface area contributed by atoms with Crippen LogP contribution in [-0.4, -0.2) is 22.6 Å². The number of carbonyl (C=O) groups is 2. The standard InChI is InChI=1S/C10H11N3O3/c1-6(12-13-10(16)9(11)15)7-4-2-3-5-8(7)14/h2-5,14H,1H3,(H2,11,15)(H,13,16). The molecule has 16 heavy (non-hydrogen) atoms. The predicted molar refractivity (Wildman–Crippen MR) is 57.7 cm³/mol. The van der Waals surface area contributed by atoms with Gasteiger partial charge in [0, 0.05) is 5.56 Å². The fraction of sp³-hybridized carbons (Fsp3) is 0.100. The van der Waals surface area contributed by atoms with Crippen molar-refractivity contribution in [3.05, 3.63) is 29.8 Å². The summed E-state index contributed by atoms with van der Waals surface area (Å²) in [6.07, 6.45) is 0. The molecule has 0 radical (unpaired) electrons. The molecule has 2 amide bonds. The SMILES string of the molecule is CC(=NNC(=O)C(N)=O)c1ccccc1O. The number of aromatic hydroxyl groups is 1. The van der Waals surface area contributed by atoms with Gasteiger partial charge in [-0.05, 0) is 19.1 Å². The maximum atomic E-state index is 10.8. The number of benzene rings is 1. The van der Waals surface area contributed by atoms with Gasteiger partial charge in [-0.2, -0.15) is 5.10 Å². The van der Waals surface area contributed by atoms with Crippen molar-refractivity contribution in [2.75, 3.05) is 0 Å². The lowest BCUT2D eigenvalue weighted by atomic mass is 10.1. The van der Waals surface area contributed by atoms with E-state index in [9.17, 15) is 14.7 Å². The summed E-state index contributed by atoms with van der Waals surface area (Å²) in [5.74, 6) is -2.08. The van der Waals surface area contributed by atoms with E-state index >= 15 is 0 Å². The van der Waals surface area contributed by atoms with Gasteiger partial charge in [-0.25, -0.2) is 5.43 Å². The van der Waals surface area contributed by atoms with Crippen LogP contribution in [0.25, 0.3) is 0 Å². The molecule has 0 atom stereocenters. The molecule has 0 aliphatic rings. The Morgan fingerprint density at radius 1 is 1.38 bits per heavy atom. The van der Waals surface area contributed by atoms with Crippen molar-refractivity contribution in [1.29, 1.82) is 0 Å². The fourth-order valence-electron chi connectivity index (χ4n) is 1.03. The first-order valence-electron chi connectivity index (χ1n) is 4.45. The van der Waals surface area contributed by atoms with Gasteiger partial charge in [0.05, 0.1) is 5.71 Å². The van der Waals surface area contributed by atoms with Gasteiger partial charge in [0.15, 0.2) is 0 Å². The number of hydrogen-bond acceptors (Lipinski definition) is 4. The summed E-state index contributed by atoms with van der Waals surface area (Å²) in [4.78, 5) is 21.2. The van der Waals surface area contributed by atoms with Gasteiger partial charge in [0.25, 0.3) is 0 Å². The predicted octanol–water partition coefficient (Wildman–Crippen LogP) is -0.282. The van der Waals surface area contributed by atoms with Crippen molar-refractivity contribution >= 4 is 17.5 Å². The number of amides is 2. The van der Waals surface area contributed by atoms with Crippen LogP contribution in [0.5, 0.6) is 5.75 Å². The molecule has 1 rings (SSSR count). The average Bonchev–Trinajstić information content (AvgIpc) is 2.25. The van der Waals surface area contributed by atoms with E-state index in [4.69, 9.17) is 5.73 Å². The number of phenols is 1. The molecule has 1 aromatic carbocycles. The molecule has 4 N–H and O–H groups in total. The second-order valence-corrected chi connectivity index (χ2v) is 3.02. The maximum absolute atomic E-state index is 10.8. The van der Waals surface area contributed by atoms with Crippen LogP contribution >= 0.6 is 0 Å². The Morgan fingerprint density at radius 2 is 2.00 bits per heavy atom. The Morgan fingerprint density at radius 3 is 2.56 bits per heavy atom. The summed E-state index contributed by atoms with van der Waals surface area (Å²) in [5.41, 5.74) is 7.53. The molecule has 0 bridgehead atoms.